The zero-order valence-electron chi connectivity index (χ0n) is 20.7. The van der Waals surface area contributed by atoms with Crippen LogP contribution in [0.3, 0.4) is 0 Å². The second-order valence-corrected chi connectivity index (χ2v) is 9.53. The Balaban J connectivity index is 1.35. The van der Waals surface area contributed by atoms with E-state index in [-0.39, 0.29) is 0 Å². The molecular weight excluding hydrogens is 448 g/mol. The second-order valence-electron chi connectivity index (χ2n) is 9.53. The van der Waals surface area contributed by atoms with Gasteiger partial charge in [-0.25, -0.2) is 0 Å². The van der Waals surface area contributed by atoms with Crippen molar-refractivity contribution in [1.82, 2.24) is 4.57 Å². The summed E-state index contributed by atoms with van der Waals surface area (Å²) in [5.41, 5.74) is 8.39. The summed E-state index contributed by atoms with van der Waals surface area (Å²) in [6, 6.07) is 50.0. The van der Waals surface area contributed by atoms with E-state index in [1.807, 2.05) is 0 Å². The number of benzene rings is 6. The number of hydrogen-bond acceptors (Lipinski definition) is 1. The van der Waals surface area contributed by atoms with Crippen LogP contribution >= 0.6 is 0 Å². The third kappa shape index (κ3) is 3.57. The van der Waals surface area contributed by atoms with Gasteiger partial charge < -0.3 is 9.47 Å². The van der Waals surface area contributed by atoms with Crippen LogP contribution in [0.15, 0.2) is 140 Å². The Bertz CT molecular complexity index is 1830. The van der Waals surface area contributed by atoms with Crippen LogP contribution in [-0.2, 0) is 7.05 Å². The van der Waals surface area contributed by atoms with Gasteiger partial charge in [-0.3, -0.25) is 0 Å². The Morgan fingerprint density at radius 1 is 0.459 bits per heavy atom. The molecule has 2 nitrogen and oxygen atoms in total. The molecule has 0 aliphatic rings. The van der Waals surface area contributed by atoms with E-state index >= 15 is 0 Å². The van der Waals surface area contributed by atoms with Crippen LogP contribution in [0, 0.1) is 0 Å². The number of anilines is 3. The predicted octanol–water partition coefficient (Wildman–Crippen LogP) is 9.62. The Labute approximate surface area is 216 Å². The molecule has 0 aliphatic heterocycles. The van der Waals surface area contributed by atoms with Gasteiger partial charge in [0.25, 0.3) is 0 Å². The summed E-state index contributed by atoms with van der Waals surface area (Å²) < 4.78 is 2.31. The highest BCUT2D eigenvalue weighted by molar-refractivity contribution is 6.21. The smallest absolute Gasteiger partial charge is 0.0495 e. The summed E-state index contributed by atoms with van der Waals surface area (Å²) in [6.07, 6.45) is 0. The van der Waals surface area contributed by atoms with Crippen molar-refractivity contribution in [2.45, 2.75) is 0 Å². The Hall–Kier alpha value is -4.82. The van der Waals surface area contributed by atoms with Crippen molar-refractivity contribution in [3.05, 3.63) is 140 Å². The molecule has 0 saturated carbocycles. The number of aryl methyl sites for hydroxylation is 1. The number of para-hydroxylation sites is 2. The fraction of sp³-hybridized carbons (Fsp3) is 0.0286. The largest absolute Gasteiger partial charge is 0.344 e. The van der Waals surface area contributed by atoms with Gasteiger partial charge in [-0.2, -0.15) is 0 Å². The van der Waals surface area contributed by atoms with E-state index in [4.69, 9.17) is 0 Å². The van der Waals surface area contributed by atoms with Crippen LogP contribution in [0.1, 0.15) is 0 Å². The number of fused-ring (bicyclic) bond motifs is 5. The first-order chi connectivity index (χ1) is 18.3. The standard InChI is InChI=1S/C35H26N2/c1-36-33-22-19-27(24-32(33)35-31-15-9-8-10-26(31)18-23-34(35)36)25-16-20-30(21-17-25)37(28-11-4-2-5-12-28)29-13-6-3-7-14-29/h2-24H,1H3. The molecule has 37 heavy (non-hydrogen) atoms. The third-order valence-electron chi connectivity index (χ3n) is 7.38. The maximum absolute atomic E-state index is 2.35. The zero-order chi connectivity index (χ0) is 24.8. The van der Waals surface area contributed by atoms with Gasteiger partial charge in [-0.05, 0) is 76.5 Å². The summed E-state index contributed by atoms with van der Waals surface area (Å²) >= 11 is 0. The topological polar surface area (TPSA) is 8.17 Å². The van der Waals surface area contributed by atoms with Gasteiger partial charge in [0.1, 0.15) is 0 Å². The van der Waals surface area contributed by atoms with E-state index in [9.17, 15) is 0 Å². The maximum atomic E-state index is 2.35. The molecule has 0 N–H and O–H groups in total. The van der Waals surface area contributed by atoms with E-state index in [0.717, 1.165) is 17.1 Å². The van der Waals surface area contributed by atoms with Gasteiger partial charge in [-0.1, -0.05) is 84.9 Å². The summed E-state index contributed by atoms with van der Waals surface area (Å²) in [7, 11) is 2.16. The van der Waals surface area contributed by atoms with Crippen LogP contribution in [-0.4, -0.2) is 4.57 Å². The SMILES string of the molecule is Cn1c2ccc(-c3ccc(N(c4ccccc4)c4ccccc4)cc3)cc2c2c3ccccc3ccc21. The van der Waals surface area contributed by atoms with E-state index in [1.165, 1.54) is 43.7 Å². The average molecular weight is 475 g/mol. The van der Waals surface area contributed by atoms with Gasteiger partial charge in [0, 0.05) is 45.9 Å². The normalized spacial score (nSPS) is 11.4. The highest BCUT2D eigenvalue weighted by Crippen LogP contribution is 2.38. The molecule has 0 bridgehead atoms. The average Bonchev–Trinajstić information content (AvgIpc) is 3.26. The van der Waals surface area contributed by atoms with Gasteiger partial charge >= 0.3 is 0 Å². The van der Waals surface area contributed by atoms with Crippen molar-refractivity contribution in [3.63, 3.8) is 0 Å². The first kappa shape index (κ1) is 21.5. The van der Waals surface area contributed by atoms with Crippen molar-refractivity contribution < 1.29 is 0 Å². The number of hydrogen-bond donors (Lipinski definition) is 0. The van der Waals surface area contributed by atoms with Crippen molar-refractivity contribution in [3.8, 4) is 11.1 Å². The maximum Gasteiger partial charge on any atom is 0.0495 e. The van der Waals surface area contributed by atoms with E-state index < -0.39 is 0 Å². The van der Waals surface area contributed by atoms with Crippen LogP contribution in [0.4, 0.5) is 17.1 Å². The molecule has 0 saturated heterocycles. The fourth-order valence-corrected chi connectivity index (χ4v) is 5.56. The highest BCUT2D eigenvalue weighted by Gasteiger charge is 2.14. The Morgan fingerprint density at radius 3 is 1.73 bits per heavy atom. The monoisotopic (exact) mass is 474 g/mol. The molecular formula is C35H26N2. The first-order valence-corrected chi connectivity index (χ1v) is 12.7. The molecule has 1 aromatic heterocycles. The van der Waals surface area contributed by atoms with E-state index in [1.54, 1.807) is 0 Å². The van der Waals surface area contributed by atoms with Gasteiger partial charge in [-0.15, -0.1) is 0 Å². The first-order valence-electron chi connectivity index (χ1n) is 12.7. The quantitative estimate of drug-likeness (QED) is 0.246. The molecule has 0 fully saturated rings. The molecule has 0 spiro atoms. The molecule has 0 unspecified atom stereocenters. The minimum Gasteiger partial charge on any atom is -0.344 e. The highest BCUT2D eigenvalue weighted by atomic mass is 15.1. The summed E-state index contributed by atoms with van der Waals surface area (Å²) in [4.78, 5) is 2.30. The Kier molecular flexibility index (Phi) is 5.04. The lowest BCUT2D eigenvalue weighted by Gasteiger charge is -2.25. The van der Waals surface area contributed by atoms with Crippen LogP contribution in [0.25, 0.3) is 43.7 Å². The zero-order valence-corrected chi connectivity index (χ0v) is 20.7. The molecule has 2 heteroatoms. The Morgan fingerprint density at radius 2 is 1.03 bits per heavy atom. The minimum absolute atomic E-state index is 1.14. The van der Waals surface area contributed by atoms with Gasteiger partial charge in [0.05, 0.1) is 0 Å². The summed E-state index contributed by atoms with van der Waals surface area (Å²) in [6.45, 7) is 0. The van der Waals surface area contributed by atoms with Crippen LogP contribution in [0.2, 0.25) is 0 Å². The molecule has 0 amide bonds. The van der Waals surface area contributed by atoms with Crippen LogP contribution in [0.5, 0.6) is 0 Å². The van der Waals surface area contributed by atoms with E-state index in [0.29, 0.717) is 0 Å². The molecule has 6 aromatic carbocycles. The number of rotatable bonds is 4. The minimum atomic E-state index is 1.14. The van der Waals surface area contributed by atoms with Crippen LogP contribution < -0.4 is 4.90 Å². The molecule has 7 aromatic rings. The third-order valence-corrected chi connectivity index (χ3v) is 7.38. The lowest BCUT2D eigenvalue weighted by molar-refractivity contribution is 1.01. The predicted molar refractivity (Wildman–Crippen MR) is 158 cm³/mol. The lowest BCUT2D eigenvalue weighted by Crippen LogP contribution is -2.09. The van der Waals surface area contributed by atoms with Crippen molar-refractivity contribution in [2.24, 2.45) is 7.05 Å². The lowest BCUT2D eigenvalue weighted by atomic mass is 10.00. The van der Waals surface area contributed by atoms with Gasteiger partial charge in [0.2, 0.25) is 0 Å². The molecule has 176 valence electrons. The summed E-state index contributed by atoms with van der Waals surface area (Å²) in [5.74, 6) is 0. The number of aromatic nitrogens is 1. The second kappa shape index (κ2) is 8.69. The fourth-order valence-electron chi connectivity index (χ4n) is 5.56. The van der Waals surface area contributed by atoms with Crippen molar-refractivity contribution >= 4 is 49.6 Å². The molecule has 0 atom stereocenters. The molecule has 7 rings (SSSR count). The molecule has 1 heterocycles. The molecule has 0 aliphatic carbocycles. The van der Waals surface area contributed by atoms with E-state index in [2.05, 4.69) is 156 Å². The number of nitrogens with zero attached hydrogens (tertiary/aromatic N) is 2. The van der Waals surface area contributed by atoms with Crippen molar-refractivity contribution in [2.75, 3.05) is 4.90 Å². The van der Waals surface area contributed by atoms with Gasteiger partial charge in [0.15, 0.2) is 0 Å². The summed E-state index contributed by atoms with van der Waals surface area (Å²) in [5, 5.41) is 5.21. The molecule has 0 radical (unpaired) electrons. The van der Waals surface area contributed by atoms with Crippen molar-refractivity contribution in [1.29, 1.82) is 0 Å².